The molecule has 4 aliphatic rings. The van der Waals surface area contributed by atoms with Crippen LogP contribution in [0.25, 0.3) is 0 Å². The van der Waals surface area contributed by atoms with E-state index >= 15 is 0 Å². The second kappa shape index (κ2) is 8.42. The minimum absolute atomic E-state index is 0.141. The predicted molar refractivity (Wildman–Crippen MR) is 134 cm³/mol. The van der Waals surface area contributed by atoms with Gasteiger partial charge in [0.2, 0.25) is 6.10 Å². The molecule has 1 aromatic heterocycles. The molecule has 1 aromatic rings. The van der Waals surface area contributed by atoms with E-state index in [1.807, 2.05) is 19.9 Å². The SMILES string of the molecule is COC(=O)C(OC(C)=O)C1C(C)(C)OC(=O)C=CC1(C)C1CCC2(C)C(c3ccoc3)CC3OC32C1(C)O. The van der Waals surface area contributed by atoms with Crippen LogP contribution in [0.2, 0.25) is 0 Å². The first-order valence-electron chi connectivity index (χ1n) is 13.3. The van der Waals surface area contributed by atoms with Gasteiger partial charge in [0, 0.05) is 23.8 Å². The van der Waals surface area contributed by atoms with Crippen LogP contribution in [-0.2, 0) is 33.3 Å². The van der Waals surface area contributed by atoms with Crippen LogP contribution in [0, 0.1) is 22.7 Å². The standard InChI is InChI=1S/C29H38O9/c1-16(30)36-22(24(32)34-7)23-25(2,3)38-21(31)9-11-26(23,4)19-8-12-27(5)18(17-10-13-35-15-17)14-20-29(27,37-20)28(19,6)33/h9-11,13,15,18-20,22-23,33H,8,12,14H2,1-7H3. The molecule has 208 valence electrons. The summed E-state index contributed by atoms with van der Waals surface area (Å²) in [6, 6.07) is 1.98. The number of esters is 3. The summed E-state index contributed by atoms with van der Waals surface area (Å²) in [6.45, 7) is 10.5. The Balaban J connectivity index is 1.63. The summed E-state index contributed by atoms with van der Waals surface area (Å²) in [5.74, 6) is -3.18. The van der Waals surface area contributed by atoms with Gasteiger partial charge < -0.3 is 28.5 Å². The van der Waals surface area contributed by atoms with Gasteiger partial charge in [0.15, 0.2) is 0 Å². The van der Waals surface area contributed by atoms with Crippen LogP contribution in [-0.4, -0.2) is 59.1 Å². The number of methoxy groups -OCH3 is 1. The first-order chi connectivity index (χ1) is 17.7. The molecular weight excluding hydrogens is 492 g/mol. The van der Waals surface area contributed by atoms with Crippen LogP contribution < -0.4 is 0 Å². The van der Waals surface area contributed by atoms with Crippen molar-refractivity contribution >= 4 is 17.9 Å². The van der Waals surface area contributed by atoms with Crippen molar-refractivity contribution in [3.63, 3.8) is 0 Å². The molecule has 0 radical (unpaired) electrons. The second-order valence-electron chi connectivity index (χ2n) is 12.6. The summed E-state index contributed by atoms with van der Waals surface area (Å²) in [5, 5.41) is 12.6. The normalized spacial score (nSPS) is 43.7. The number of carbonyl (C=O) groups is 3. The van der Waals surface area contributed by atoms with E-state index in [-0.39, 0.29) is 17.4 Å². The van der Waals surface area contributed by atoms with Gasteiger partial charge in [-0.15, -0.1) is 0 Å². The highest BCUT2D eigenvalue weighted by molar-refractivity contribution is 5.84. The lowest BCUT2D eigenvalue weighted by Gasteiger charge is -2.59. The third-order valence-corrected chi connectivity index (χ3v) is 10.3. The van der Waals surface area contributed by atoms with E-state index in [9.17, 15) is 19.5 Å². The zero-order chi connectivity index (χ0) is 27.9. The largest absolute Gasteiger partial charge is 0.472 e. The molecular formula is C29H38O9. The summed E-state index contributed by atoms with van der Waals surface area (Å²) < 4.78 is 28.2. The molecule has 9 unspecified atom stereocenters. The van der Waals surface area contributed by atoms with E-state index < -0.39 is 58.1 Å². The fourth-order valence-electron chi connectivity index (χ4n) is 8.93. The lowest BCUT2D eigenvalue weighted by Crippen LogP contribution is -2.67. The number of aliphatic hydroxyl groups is 1. The summed E-state index contributed by atoms with van der Waals surface area (Å²) >= 11 is 0. The summed E-state index contributed by atoms with van der Waals surface area (Å²) in [7, 11) is 1.22. The Morgan fingerprint density at radius 1 is 1.18 bits per heavy atom. The first-order valence-corrected chi connectivity index (χ1v) is 13.3. The Bertz CT molecular complexity index is 1170. The van der Waals surface area contributed by atoms with Gasteiger partial charge in [0.1, 0.15) is 11.2 Å². The quantitative estimate of drug-likeness (QED) is 0.345. The number of hydrogen-bond acceptors (Lipinski definition) is 9. The molecule has 9 atom stereocenters. The van der Waals surface area contributed by atoms with Crippen LogP contribution >= 0.6 is 0 Å². The average Bonchev–Trinajstić information content (AvgIpc) is 3.22. The molecule has 38 heavy (non-hydrogen) atoms. The van der Waals surface area contributed by atoms with Gasteiger partial charge in [0.25, 0.3) is 0 Å². The van der Waals surface area contributed by atoms with Crippen LogP contribution in [0.5, 0.6) is 0 Å². The molecule has 1 saturated heterocycles. The van der Waals surface area contributed by atoms with E-state index in [4.69, 9.17) is 23.4 Å². The highest BCUT2D eigenvalue weighted by Gasteiger charge is 2.84. The Labute approximate surface area is 222 Å². The topological polar surface area (TPSA) is 125 Å². The van der Waals surface area contributed by atoms with Gasteiger partial charge in [0.05, 0.1) is 37.3 Å². The summed E-state index contributed by atoms with van der Waals surface area (Å²) in [6.07, 6.45) is 7.07. The summed E-state index contributed by atoms with van der Waals surface area (Å²) in [4.78, 5) is 37.9. The van der Waals surface area contributed by atoms with E-state index in [1.54, 1.807) is 32.4 Å². The van der Waals surface area contributed by atoms with E-state index in [0.29, 0.717) is 6.42 Å². The van der Waals surface area contributed by atoms with Gasteiger partial charge >= 0.3 is 17.9 Å². The van der Waals surface area contributed by atoms with Crippen LogP contribution in [0.15, 0.2) is 35.2 Å². The second-order valence-corrected chi connectivity index (χ2v) is 12.6. The third-order valence-electron chi connectivity index (χ3n) is 10.3. The number of allylic oxidation sites excluding steroid dienone is 1. The molecule has 0 aromatic carbocycles. The lowest BCUT2D eigenvalue weighted by molar-refractivity contribution is -0.216. The Kier molecular flexibility index (Phi) is 5.97. The van der Waals surface area contributed by atoms with Crippen molar-refractivity contribution in [2.75, 3.05) is 7.11 Å². The molecule has 9 nitrogen and oxygen atoms in total. The molecule has 0 amide bonds. The van der Waals surface area contributed by atoms with Gasteiger partial charge in [-0.2, -0.15) is 0 Å². The minimum atomic E-state index is -1.37. The van der Waals surface area contributed by atoms with Gasteiger partial charge in [-0.05, 0) is 63.5 Å². The fraction of sp³-hybridized carbons (Fsp3) is 0.690. The number of furan rings is 1. The van der Waals surface area contributed by atoms with Gasteiger partial charge in [-0.25, -0.2) is 9.59 Å². The number of hydrogen-bond donors (Lipinski definition) is 1. The smallest absolute Gasteiger partial charge is 0.347 e. The Morgan fingerprint density at radius 3 is 2.50 bits per heavy atom. The van der Waals surface area contributed by atoms with Crippen molar-refractivity contribution in [2.24, 2.45) is 22.7 Å². The van der Waals surface area contributed by atoms with E-state index in [1.165, 1.54) is 20.1 Å². The molecule has 5 rings (SSSR count). The van der Waals surface area contributed by atoms with Crippen molar-refractivity contribution in [2.45, 2.75) is 95.7 Å². The lowest BCUT2D eigenvalue weighted by atomic mass is 9.47. The van der Waals surface area contributed by atoms with Gasteiger partial charge in [-0.3, -0.25) is 4.79 Å². The highest BCUT2D eigenvalue weighted by Crippen LogP contribution is 2.77. The maximum atomic E-state index is 13.1. The average molecular weight is 531 g/mol. The van der Waals surface area contributed by atoms with Gasteiger partial charge in [-0.1, -0.05) is 19.9 Å². The maximum Gasteiger partial charge on any atom is 0.347 e. The molecule has 1 N–H and O–H groups in total. The van der Waals surface area contributed by atoms with Crippen LogP contribution in [0.3, 0.4) is 0 Å². The van der Waals surface area contributed by atoms with Crippen LogP contribution in [0.4, 0.5) is 0 Å². The monoisotopic (exact) mass is 530 g/mol. The number of ether oxygens (including phenoxy) is 4. The number of carbonyl (C=O) groups excluding carboxylic acids is 3. The molecule has 3 fully saturated rings. The van der Waals surface area contributed by atoms with E-state index in [0.717, 1.165) is 18.4 Å². The van der Waals surface area contributed by atoms with Crippen LogP contribution in [0.1, 0.15) is 72.3 Å². The molecule has 0 bridgehead atoms. The Hall–Kier alpha value is -2.65. The van der Waals surface area contributed by atoms with Crippen molar-refractivity contribution in [3.8, 4) is 0 Å². The molecule has 3 heterocycles. The number of cyclic esters (lactones) is 1. The molecule has 2 aliphatic heterocycles. The predicted octanol–water partition coefficient (Wildman–Crippen LogP) is 3.69. The zero-order valence-electron chi connectivity index (χ0n) is 23.1. The first kappa shape index (κ1) is 26.9. The van der Waals surface area contributed by atoms with Crippen molar-refractivity contribution in [3.05, 3.63) is 36.3 Å². The Morgan fingerprint density at radius 2 is 1.89 bits per heavy atom. The minimum Gasteiger partial charge on any atom is -0.472 e. The molecule has 1 spiro atoms. The number of epoxide rings is 1. The molecule has 2 saturated carbocycles. The highest BCUT2D eigenvalue weighted by atomic mass is 16.6. The third kappa shape index (κ3) is 3.47. The number of rotatable bonds is 5. The van der Waals surface area contributed by atoms with Crippen molar-refractivity contribution in [1.29, 1.82) is 0 Å². The van der Waals surface area contributed by atoms with E-state index in [2.05, 4.69) is 6.92 Å². The van der Waals surface area contributed by atoms with Crippen molar-refractivity contribution in [1.82, 2.24) is 0 Å². The molecule has 9 heteroatoms. The zero-order valence-corrected chi connectivity index (χ0v) is 23.1. The molecule has 2 aliphatic carbocycles. The van der Waals surface area contributed by atoms with Crippen molar-refractivity contribution < 1.29 is 42.9 Å². The summed E-state index contributed by atoms with van der Waals surface area (Å²) in [5.41, 5.74) is -3.74. The maximum absolute atomic E-state index is 13.1. The fourth-order valence-corrected chi connectivity index (χ4v) is 8.93.